The minimum Gasteiger partial charge on any atom is -0.277 e. The Hall–Kier alpha value is -1.29. The van der Waals surface area contributed by atoms with Gasteiger partial charge >= 0.3 is 0 Å². The first kappa shape index (κ1) is 11.8. The Morgan fingerprint density at radius 2 is 1.73 bits per heavy atom. The van der Waals surface area contributed by atoms with Crippen LogP contribution in [0, 0.1) is 0 Å². The average molecular weight is 223 g/mol. The van der Waals surface area contributed by atoms with Gasteiger partial charge in [0.05, 0.1) is 11.1 Å². The second-order valence-electron chi connectivity index (χ2n) is 3.12. The van der Waals surface area contributed by atoms with Crippen molar-refractivity contribution in [2.24, 2.45) is 0 Å². The third-order valence-electron chi connectivity index (χ3n) is 2.12. The van der Waals surface area contributed by atoms with Gasteiger partial charge in [0.15, 0.2) is 0 Å². The molecule has 0 aromatic carbocycles. The molecule has 15 heavy (non-hydrogen) atoms. The van der Waals surface area contributed by atoms with Gasteiger partial charge in [-0.05, 0) is 17.9 Å². The number of hydrogen-bond donors (Lipinski definition) is 1. The summed E-state index contributed by atoms with van der Waals surface area (Å²) < 4.78 is 0. The summed E-state index contributed by atoms with van der Waals surface area (Å²) in [6.07, 6.45) is 5.91. The number of carbonyl (C=O) groups excluding carboxylic acids is 2. The minimum absolute atomic E-state index is 0.258. The molecule has 80 valence electrons. The largest absolute Gasteiger partial charge is 0.277 e. The average Bonchev–Trinajstić information content (AvgIpc) is 2.42. The summed E-state index contributed by atoms with van der Waals surface area (Å²) in [6.45, 7) is 1.97. The van der Waals surface area contributed by atoms with Crippen molar-refractivity contribution in [2.45, 2.75) is 13.3 Å². The maximum atomic E-state index is 11.6. The highest BCUT2D eigenvalue weighted by molar-refractivity contribution is 7.83. The first-order valence-corrected chi connectivity index (χ1v) is 5.19. The summed E-state index contributed by atoms with van der Waals surface area (Å²) >= 11 is 3.91. The molecule has 1 aliphatic rings. The van der Waals surface area contributed by atoms with Crippen LogP contribution in [-0.2, 0) is 9.59 Å². The molecule has 0 aliphatic carbocycles. The SMILES string of the molecule is CCC=CC1=C(/C=C\S)C(=O)N(C)C1=O. The number of nitrogens with zero attached hydrogens (tertiary/aromatic N) is 1. The van der Waals surface area contributed by atoms with Crippen LogP contribution in [0.2, 0.25) is 0 Å². The minimum atomic E-state index is -0.277. The summed E-state index contributed by atoms with van der Waals surface area (Å²) in [4.78, 5) is 24.4. The van der Waals surface area contributed by atoms with Crippen LogP contribution in [0.3, 0.4) is 0 Å². The van der Waals surface area contributed by atoms with Crippen LogP contribution in [-0.4, -0.2) is 23.8 Å². The number of likely N-dealkylation sites (N-methyl/N-ethyl adjacent to an activating group) is 1. The molecule has 2 amide bonds. The molecule has 4 heteroatoms. The lowest BCUT2D eigenvalue weighted by molar-refractivity contribution is -0.135. The zero-order valence-electron chi connectivity index (χ0n) is 8.73. The number of hydrogen-bond acceptors (Lipinski definition) is 3. The van der Waals surface area contributed by atoms with Crippen LogP contribution in [0.4, 0.5) is 0 Å². The van der Waals surface area contributed by atoms with E-state index in [9.17, 15) is 9.59 Å². The van der Waals surface area contributed by atoms with Gasteiger partial charge in [-0.25, -0.2) is 0 Å². The maximum Gasteiger partial charge on any atom is 0.261 e. The van der Waals surface area contributed by atoms with Crippen molar-refractivity contribution in [1.29, 1.82) is 0 Å². The standard InChI is InChI=1S/C11H13NO2S/c1-3-4-5-8-9(6-7-15)11(14)12(2)10(8)13/h4-7,15H,3H2,1-2H3/b5-4?,7-6-. The lowest BCUT2D eigenvalue weighted by Crippen LogP contribution is -2.26. The molecule has 1 rings (SSSR count). The van der Waals surface area contributed by atoms with Gasteiger partial charge in [0.1, 0.15) is 0 Å². The van der Waals surface area contributed by atoms with Gasteiger partial charge in [0.25, 0.3) is 11.8 Å². The Labute approximate surface area is 94.6 Å². The van der Waals surface area contributed by atoms with Gasteiger partial charge in [0.2, 0.25) is 0 Å². The predicted octanol–water partition coefficient (Wildman–Crippen LogP) is 1.69. The van der Waals surface area contributed by atoms with E-state index in [2.05, 4.69) is 12.6 Å². The quantitative estimate of drug-likeness (QED) is 0.584. The van der Waals surface area contributed by atoms with Crippen molar-refractivity contribution in [3.05, 3.63) is 34.8 Å². The highest BCUT2D eigenvalue weighted by Gasteiger charge is 2.32. The van der Waals surface area contributed by atoms with Gasteiger partial charge < -0.3 is 0 Å². The number of rotatable bonds is 3. The van der Waals surface area contributed by atoms with Crippen molar-refractivity contribution in [3.8, 4) is 0 Å². The van der Waals surface area contributed by atoms with Crippen LogP contribution in [0.15, 0.2) is 34.8 Å². The van der Waals surface area contributed by atoms with Gasteiger partial charge in [-0.1, -0.05) is 19.1 Å². The Kier molecular flexibility index (Phi) is 3.91. The van der Waals surface area contributed by atoms with Crippen molar-refractivity contribution in [3.63, 3.8) is 0 Å². The van der Waals surface area contributed by atoms with E-state index in [1.807, 2.05) is 13.0 Å². The normalized spacial score (nSPS) is 17.9. The lowest BCUT2D eigenvalue weighted by atomic mass is 10.1. The fourth-order valence-corrected chi connectivity index (χ4v) is 1.47. The van der Waals surface area contributed by atoms with E-state index in [-0.39, 0.29) is 11.8 Å². The summed E-state index contributed by atoms with van der Waals surface area (Å²) in [5.74, 6) is -0.535. The van der Waals surface area contributed by atoms with E-state index in [4.69, 9.17) is 0 Å². The maximum absolute atomic E-state index is 11.6. The van der Waals surface area contributed by atoms with Gasteiger partial charge in [-0.2, -0.15) is 12.6 Å². The van der Waals surface area contributed by atoms with E-state index in [1.165, 1.54) is 12.5 Å². The molecule has 0 N–H and O–H groups in total. The first-order chi connectivity index (χ1) is 7.13. The highest BCUT2D eigenvalue weighted by Crippen LogP contribution is 2.21. The monoisotopic (exact) mass is 223 g/mol. The summed E-state index contributed by atoms with van der Waals surface area (Å²) in [6, 6.07) is 0. The van der Waals surface area contributed by atoms with E-state index < -0.39 is 0 Å². The number of carbonyl (C=O) groups is 2. The van der Waals surface area contributed by atoms with E-state index in [1.54, 1.807) is 12.2 Å². The Balaban J connectivity index is 3.17. The molecule has 0 fully saturated rings. The second-order valence-corrected chi connectivity index (χ2v) is 3.42. The van der Waals surface area contributed by atoms with Crippen molar-refractivity contribution in [2.75, 3.05) is 7.05 Å². The smallest absolute Gasteiger partial charge is 0.261 e. The molecule has 0 aromatic rings. The van der Waals surface area contributed by atoms with Crippen LogP contribution >= 0.6 is 12.6 Å². The van der Waals surface area contributed by atoms with Gasteiger partial charge in [-0.15, -0.1) is 0 Å². The molecule has 0 spiro atoms. The Morgan fingerprint density at radius 3 is 2.20 bits per heavy atom. The van der Waals surface area contributed by atoms with Crippen LogP contribution in [0.5, 0.6) is 0 Å². The fraction of sp³-hybridized carbons (Fsp3) is 0.273. The van der Waals surface area contributed by atoms with Crippen molar-refractivity contribution >= 4 is 24.4 Å². The number of imide groups is 1. The van der Waals surface area contributed by atoms with E-state index in [0.717, 1.165) is 11.3 Å². The summed E-state index contributed by atoms with van der Waals surface area (Å²) in [7, 11) is 1.48. The molecule has 0 saturated heterocycles. The molecular weight excluding hydrogens is 210 g/mol. The van der Waals surface area contributed by atoms with Gasteiger partial charge in [-0.3, -0.25) is 14.5 Å². The molecule has 0 bridgehead atoms. The number of thiol groups is 1. The summed E-state index contributed by atoms with van der Waals surface area (Å²) in [5, 5.41) is 1.46. The molecule has 1 aliphatic heterocycles. The molecule has 0 radical (unpaired) electrons. The Bertz CT molecular complexity index is 380. The third kappa shape index (κ3) is 2.21. The predicted molar refractivity (Wildman–Crippen MR) is 62.4 cm³/mol. The van der Waals surface area contributed by atoms with Crippen molar-refractivity contribution in [1.82, 2.24) is 4.90 Å². The van der Waals surface area contributed by atoms with Crippen molar-refractivity contribution < 1.29 is 9.59 Å². The molecule has 0 saturated carbocycles. The molecule has 0 aromatic heterocycles. The summed E-state index contributed by atoms with van der Waals surface area (Å²) in [5.41, 5.74) is 0.844. The molecule has 1 heterocycles. The topological polar surface area (TPSA) is 37.4 Å². The molecular formula is C11H13NO2S. The van der Waals surface area contributed by atoms with E-state index in [0.29, 0.717) is 11.1 Å². The highest BCUT2D eigenvalue weighted by atomic mass is 32.1. The molecule has 0 atom stereocenters. The number of amides is 2. The Morgan fingerprint density at radius 1 is 1.20 bits per heavy atom. The zero-order valence-corrected chi connectivity index (χ0v) is 9.62. The third-order valence-corrected chi connectivity index (χ3v) is 2.27. The van der Waals surface area contributed by atoms with Crippen LogP contribution in [0.25, 0.3) is 0 Å². The fourth-order valence-electron chi connectivity index (χ4n) is 1.32. The lowest BCUT2D eigenvalue weighted by Gasteiger charge is -2.04. The van der Waals surface area contributed by atoms with Crippen LogP contribution < -0.4 is 0 Å². The zero-order chi connectivity index (χ0) is 11.4. The molecule has 0 unspecified atom stereocenters. The number of allylic oxidation sites excluding steroid dienone is 1. The first-order valence-electron chi connectivity index (χ1n) is 4.67. The van der Waals surface area contributed by atoms with Gasteiger partial charge in [0, 0.05) is 7.05 Å². The van der Waals surface area contributed by atoms with Crippen LogP contribution in [0.1, 0.15) is 13.3 Å². The van der Waals surface area contributed by atoms with E-state index >= 15 is 0 Å². The second kappa shape index (κ2) is 4.98. The molecule has 3 nitrogen and oxygen atoms in total.